The maximum Gasteiger partial charge on any atom is 0.0700 e. The number of morpholine rings is 1. The van der Waals surface area contributed by atoms with Gasteiger partial charge in [-0.25, -0.2) is 0 Å². The minimum Gasteiger partial charge on any atom is -0.376 e. The van der Waals surface area contributed by atoms with E-state index in [4.69, 9.17) is 10.5 Å². The number of aryl methyl sites for hydroxylation is 1. The molecule has 0 spiro atoms. The maximum absolute atomic E-state index is 6.63. The first kappa shape index (κ1) is 14.1. The van der Waals surface area contributed by atoms with Crippen LogP contribution in [-0.4, -0.2) is 36.7 Å². The van der Waals surface area contributed by atoms with Gasteiger partial charge in [-0.15, -0.1) is 0 Å². The summed E-state index contributed by atoms with van der Waals surface area (Å²) >= 11 is 0. The molecule has 3 nitrogen and oxygen atoms in total. The molecular weight excluding hydrogens is 248 g/mol. The second kappa shape index (κ2) is 6.25. The first-order chi connectivity index (χ1) is 9.79. The fourth-order valence-electron chi connectivity index (χ4n) is 3.68. The maximum atomic E-state index is 6.63. The van der Waals surface area contributed by atoms with Crippen molar-refractivity contribution >= 4 is 0 Å². The highest BCUT2D eigenvalue weighted by atomic mass is 16.5. The fraction of sp³-hybridized carbons (Fsp3) is 0.647. The normalized spacial score (nSPS) is 31.6. The summed E-state index contributed by atoms with van der Waals surface area (Å²) in [5.74, 6) is 0. The molecule has 1 aliphatic heterocycles. The molecule has 0 amide bonds. The van der Waals surface area contributed by atoms with Crippen LogP contribution in [0.3, 0.4) is 0 Å². The van der Waals surface area contributed by atoms with Crippen molar-refractivity contribution in [1.82, 2.24) is 4.90 Å². The summed E-state index contributed by atoms with van der Waals surface area (Å²) in [5, 5.41) is 0. The molecule has 1 fully saturated rings. The van der Waals surface area contributed by atoms with Crippen molar-refractivity contribution in [3.63, 3.8) is 0 Å². The van der Waals surface area contributed by atoms with Crippen molar-refractivity contribution in [3.05, 3.63) is 35.4 Å². The van der Waals surface area contributed by atoms with E-state index in [9.17, 15) is 0 Å². The number of nitrogens with two attached hydrogens (primary N) is 1. The van der Waals surface area contributed by atoms with Crippen LogP contribution in [-0.2, 0) is 11.2 Å². The Bertz CT molecular complexity index is 448. The van der Waals surface area contributed by atoms with E-state index in [1.165, 1.54) is 30.4 Å². The first-order valence-corrected chi connectivity index (χ1v) is 7.98. The van der Waals surface area contributed by atoms with Gasteiger partial charge in [-0.2, -0.15) is 0 Å². The van der Waals surface area contributed by atoms with Crippen LogP contribution in [0.4, 0.5) is 0 Å². The van der Waals surface area contributed by atoms with Gasteiger partial charge in [0.15, 0.2) is 0 Å². The monoisotopic (exact) mass is 274 g/mol. The largest absolute Gasteiger partial charge is 0.376 e. The van der Waals surface area contributed by atoms with Crippen molar-refractivity contribution in [1.29, 1.82) is 0 Å². The Morgan fingerprint density at radius 2 is 2.20 bits per heavy atom. The van der Waals surface area contributed by atoms with Gasteiger partial charge in [0.1, 0.15) is 0 Å². The minimum absolute atomic E-state index is 0.143. The molecule has 110 valence electrons. The van der Waals surface area contributed by atoms with Gasteiger partial charge in [0, 0.05) is 25.2 Å². The molecule has 1 saturated heterocycles. The molecule has 20 heavy (non-hydrogen) atoms. The van der Waals surface area contributed by atoms with Crippen molar-refractivity contribution in [2.45, 2.75) is 50.8 Å². The average Bonchev–Trinajstić information content (AvgIpc) is 2.67. The highest BCUT2D eigenvalue weighted by Gasteiger charge is 2.32. The minimum atomic E-state index is 0.143. The highest BCUT2D eigenvalue weighted by Crippen LogP contribution is 2.31. The molecule has 2 N–H and O–H groups in total. The lowest BCUT2D eigenvalue weighted by Crippen LogP contribution is -2.51. The van der Waals surface area contributed by atoms with Crippen molar-refractivity contribution in [2.24, 2.45) is 5.73 Å². The summed E-state index contributed by atoms with van der Waals surface area (Å²) in [6.07, 6.45) is 5.08. The van der Waals surface area contributed by atoms with E-state index in [-0.39, 0.29) is 6.04 Å². The number of benzene rings is 1. The molecule has 3 unspecified atom stereocenters. The zero-order valence-electron chi connectivity index (χ0n) is 12.4. The smallest absolute Gasteiger partial charge is 0.0700 e. The van der Waals surface area contributed by atoms with E-state index in [0.29, 0.717) is 12.1 Å². The number of rotatable bonds is 2. The Hall–Kier alpha value is -0.900. The zero-order chi connectivity index (χ0) is 13.9. The van der Waals surface area contributed by atoms with Gasteiger partial charge in [-0.3, -0.25) is 4.90 Å². The van der Waals surface area contributed by atoms with Gasteiger partial charge in [0.25, 0.3) is 0 Å². The molecule has 1 heterocycles. The summed E-state index contributed by atoms with van der Waals surface area (Å²) in [5.41, 5.74) is 9.43. The predicted molar refractivity (Wildman–Crippen MR) is 81.7 cm³/mol. The van der Waals surface area contributed by atoms with Gasteiger partial charge >= 0.3 is 0 Å². The molecule has 3 heteroatoms. The zero-order valence-corrected chi connectivity index (χ0v) is 12.4. The molecule has 2 aliphatic rings. The topological polar surface area (TPSA) is 38.5 Å². The lowest BCUT2D eigenvalue weighted by molar-refractivity contribution is -0.0490. The number of nitrogens with zero attached hydrogens (tertiary/aromatic N) is 1. The second-order valence-corrected chi connectivity index (χ2v) is 6.08. The summed E-state index contributed by atoms with van der Waals surface area (Å²) in [6.45, 7) is 5.12. The molecule has 0 saturated carbocycles. The summed E-state index contributed by atoms with van der Waals surface area (Å²) in [6, 6.07) is 9.33. The van der Waals surface area contributed by atoms with Crippen LogP contribution in [0.15, 0.2) is 24.3 Å². The molecule has 1 aromatic carbocycles. The van der Waals surface area contributed by atoms with Crippen molar-refractivity contribution < 1.29 is 4.74 Å². The van der Waals surface area contributed by atoms with E-state index < -0.39 is 0 Å². The van der Waals surface area contributed by atoms with Crippen LogP contribution < -0.4 is 5.73 Å². The number of hydrogen-bond donors (Lipinski definition) is 1. The Morgan fingerprint density at radius 1 is 1.35 bits per heavy atom. The van der Waals surface area contributed by atoms with Crippen LogP contribution in [0, 0.1) is 0 Å². The molecule has 1 aliphatic carbocycles. The van der Waals surface area contributed by atoms with Crippen molar-refractivity contribution in [3.8, 4) is 0 Å². The average molecular weight is 274 g/mol. The third-order valence-electron chi connectivity index (χ3n) is 4.87. The standard InChI is InChI=1S/C17H26N2O/c1-2-14-12-19(10-11-20-14)16-9-5-7-13-6-3-4-8-15(13)17(16)18/h3-4,6,8,14,16-17H,2,5,7,9-12,18H2,1H3. The Labute approximate surface area is 122 Å². The molecule has 3 rings (SSSR count). The van der Waals surface area contributed by atoms with Crippen LogP contribution in [0.1, 0.15) is 43.4 Å². The second-order valence-electron chi connectivity index (χ2n) is 6.08. The van der Waals surface area contributed by atoms with E-state index in [0.717, 1.165) is 26.1 Å². The van der Waals surface area contributed by atoms with E-state index in [1.807, 2.05) is 0 Å². The molecule has 0 radical (unpaired) electrons. The molecule has 0 aromatic heterocycles. The number of fused-ring (bicyclic) bond motifs is 1. The molecular formula is C17H26N2O. The summed E-state index contributed by atoms with van der Waals surface area (Å²) < 4.78 is 5.80. The third-order valence-corrected chi connectivity index (χ3v) is 4.87. The van der Waals surface area contributed by atoms with Gasteiger partial charge in [0.2, 0.25) is 0 Å². The van der Waals surface area contributed by atoms with Gasteiger partial charge in [0.05, 0.1) is 12.7 Å². The van der Waals surface area contributed by atoms with Gasteiger partial charge in [-0.05, 0) is 36.8 Å². The SMILES string of the molecule is CCC1CN(C2CCCc3ccccc3C2N)CCO1. The molecule has 0 bridgehead atoms. The first-order valence-electron chi connectivity index (χ1n) is 7.98. The van der Waals surface area contributed by atoms with Crippen LogP contribution in [0.5, 0.6) is 0 Å². The number of ether oxygens (including phenoxy) is 1. The quantitative estimate of drug-likeness (QED) is 0.842. The van der Waals surface area contributed by atoms with E-state index in [2.05, 4.69) is 36.1 Å². The van der Waals surface area contributed by atoms with Crippen LogP contribution in [0.25, 0.3) is 0 Å². The lowest BCUT2D eigenvalue weighted by atomic mass is 9.95. The van der Waals surface area contributed by atoms with Gasteiger partial charge < -0.3 is 10.5 Å². The lowest BCUT2D eigenvalue weighted by Gasteiger charge is -2.40. The van der Waals surface area contributed by atoms with Crippen LogP contribution in [0.2, 0.25) is 0 Å². The third kappa shape index (κ3) is 2.76. The molecule has 1 aromatic rings. The van der Waals surface area contributed by atoms with Gasteiger partial charge in [-0.1, -0.05) is 31.2 Å². The van der Waals surface area contributed by atoms with E-state index >= 15 is 0 Å². The summed E-state index contributed by atoms with van der Waals surface area (Å²) in [4.78, 5) is 2.57. The molecule has 3 atom stereocenters. The summed E-state index contributed by atoms with van der Waals surface area (Å²) in [7, 11) is 0. The Balaban J connectivity index is 1.80. The highest BCUT2D eigenvalue weighted by molar-refractivity contribution is 5.32. The predicted octanol–water partition coefficient (Wildman–Crippen LogP) is 2.50. The fourth-order valence-corrected chi connectivity index (χ4v) is 3.68. The number of hydrogen-bond acceptors (Lipinski definition) is 3. The Morgan fingerprint density at radius 3 is 3.05 bits per heavy atom. The van der Waals surface area contributed by atoms with E-state index in [1.54, 1.807) is 0 Å². The Kier molecular flexibility index (Phi) is 4.39. The van der Waals surface area contributed by atoms with Crippen molar-refractivity contribution in [2.75, 3.05) is 19.7 Å². The van der Waals surface area contributed by atoms with Crippen LogP contribution >= 0.6 is 0 Å².